The molecule has 0 aromatic heterocycles. The van der Waals surface area contributed by atoms with Gasteiger partial charge in [-0.2, -0.15) is 0 Å². The van der Waals surface area contributed by atoms with Crippen LogP contribution in [0.25, 0.3) is 0 Å². The van der Waals surface area contributed by atoms with E-state index in [9.17, 15) is 13.5 Å². The molecule has 5 heteroatoms. The first kappa shape index (κ1) is 11.9. The highest BCUT2D eigenvalue weighted by atomic mass is 32.2. The Bertz CT molecular complexity index is 225. The van der Waals surface area contributed by atoms with Crippen molar-refractivity contribution in [2.45, 2.75) is 25.2 Å². The van der Waals surface area contributed by atoms with E-state index >= 15 is 0 Å². The molecule has 0 spiro atoms. The molecule has 4 nitrogen and oxygen atoms in total. The van der Waals surface area contributed by atoms with Crippen LogP contribution in [0, 0.1) is 5.92 Å². The normalized spacial score (nSPS) is 20.1. The fraction of sp³-hybridized carbons (Fsp3) is 1.00. The molecule has 3 unspecified atom stereocenters. The maximum atomic E-state index is 11.0. The van der Waals surface area contributed by atoms with E-state index in [1.165, 1.54) is 6.92 Å². The molecule has 0 fully saturated rings. The molecule has 0 saturated heterocycles. The summed E-state index contributed by atoms with van der Waals surface area (Å²) in [5.41, 5.74) is 5.30. The lowest BCUT2D eigenvalue weighted by Crippen LogP contribution is -2.38. The summed E-state index contributed by atoms with van der Waals surface area (Å²) in [7, 11) is -3.16. The van der Waals surface area contributed by atoms with Gasteiger partial charge in [0.15, 0.2) is 9.84 Å². The number of aliphatic hydroxyl groups excluding tert-OH is 1. The summed E-state index contributed by atoms with van der Waals surface area (Å²) in [6, 6.07) is 0. The maximum absolute atomic E-state index is 11.0. The van der Waals surface area contributed by atoms with Gasteiger partial charge in [0.05, 0.1) is 11.4 Å². The molecule has 0 aliphatic rings. The van der Waals surface area contributed by atoms with Gasteiger partial charge in [-0.25, -0.2) is 8.42 Å². The molecule has 0 rings (SSSR count). The molecular weight excluding hydrogens is 178 g/mol. The third-order valence-corrected chi connectivity index (χ3v) is 3.74. The second-order valence-electron chi connectivity index (χ2n) is 3.24. The number of hydrogen-bond acceptors (Lipinski definition) is 4. The molecule has 0 saturated carbocycles. The minimum Gasteiger partial charge on any atom is -0.391 e. The first-order chi connectivity index (χ1) is 5.30. The quantitative estimate of drug-likeness (QED) is 0.626. The zero-order valence-electron chi connectivity index (χ0n) is 7.69. The Morgan fingerprint density at radius 1 is 1.42 bits per heavy atom. The van der Waals surface area contributed by atoms with Gasteiger partial charge in [0.2, 0.25) is 0 Å². The summed E-state index contributed by atoms with van der Waals surface area (Å²) in [6.07, 6.45) is 0.245. The van der Waals surface area contributed by atoms with Crippen LogP contribution in [0.5, 0.6) is 0 Å². The molecule has 0 aromatic carbocycles. The van der Waals surface area contributed by atoms with E-state index in [-0.39, 0.29) is 5.92 Å². The van der Waals surface area contributed by atoms with Crippen molar-refractivity contribution in [3.63, 3.8) is 0 Å². The number of nitrogens with two attached hydrogens (primary N) is 1. The van der Waals surface area contributed by atoms with Crippen LogP contribution in [-0.4, -0.2) is 37.7 Å². The van der Waals surface area contributed by atoms with Gasteiger partial charge in [-0.05, 0) is 19.4 Å². The second-order valence-corrected chi connectivity index (χ2v) is 5.64. The summed E-state index contributed by atoms with van der Waals surface area (Å²) < 4.78 is 22.0. The van der Waals surface area contributed by atoms with E-state index in [0.29, 0.717) is 6.54 Å². The van der Waals surface area contributed by atoms with Gasteiger partial charge in [0.1, 0.15) is 0 Å². The summed E-state index contributed by atoms with van der Waals surface area (Å²) in [6.45, 7) is 3.51. The SMILES string of the molecule is CC(CN)C(O)C(C)S(C)(=O)=O. The van der Waals surface area contributed by atoms with Crippen LogP contribution in [0.3, 0.4) is 0 Å². The fourth-order valence-corrected chi connectivity index (χ4v) is 1.63. The molecule has 3 N–H and O–H groups in total. The van der Waals surface area contributed by atoms with Crippen molar-refractivity contribution in [2.75, 3.05) is 12.8 Å². The average Bonchev–Trinajstić information content (AvgIpc) is 1.98. The lowest BCUT2D eigenvalue weighted by atomic mass is 10.0. The molecule has 0 bridgehead atoms. The third kappa shape index (κ3) is 3.08. The van der Waals surface area contributed by atoms with Crippen molar-refractivity contribution >= 4 is 9.84 Å². The van der Waals surface area contributed by atoms with Gasteiger partial charge in [0, 0.05) is 6.26 Å². The van der Waals surface area contributed by atoms with Crippen molar-refractivity contribution in [3.05, 3.63) is 0 Å². The minimum atomic E-state index is -3.16. The predicted octanol–water partition coefficient (Wildman–Crippen LogP) is -0.625. The van der Waals surface area contributed by atoms with Crippen molar-refractivity contribution in [3.8, 4) is 0 Å². The molecule has 0 aliphatic carbocycles. The highest BCUT2D eigenvalue weighted by molar-refractivity contribution is 7.91. The Morgan fingerprint density at radius 3 is 2.08 bits per heavy atom. The van der Waals surface area contributed by atoms with E-state index in [2.05, 4.69) is 0 Å². The van der Waals surface area contributed by atoms with E-state index in [4.69, 9.17) is 5.73 Å². The van der Waals surface area contributed by atoms with Crippen LogP contribution in [-0.2, 0) is 9.84 Å². The number of hydrogen-bond donors (Lipinski definition) is 2. The number of rotatable bonds is 4. The van der Waals surface area contributed by atoms with Crippen molar-refractivity contribution in [2.24, 2.45) is 11.7 Å². The first-order valence-electron chi connectivity index (χ1n) is 3.87. The first-order valence-corrected chi connectivity index (χ1v) is 5.83. The Balaban J connectivity index is 4.40. The van der Waals surface area contributed by atoms with Crippen molar-refractivity contribution in [1.29, 1.82) is 0 Å². The van der Waals surface area contributed by atoms with E-state index in [1.54, 1.807) is 6.92 Å². The molecule has 0 aromatic rings. The molecule has 12 heavy (non-hydrogen) atoms. The van der Waals surface area contributed by atoms with Crippen molar-refractivity contribution < 1.29 is 13.5 Å². The van der Waals surface area contributed by atoms with Gasteiger partial charge in [0.25, 0.3) is 0 Å². The Labute approximate surface area is 73.7 Å². The van der Waals surface area contributed by atoms with Crippen LogP contribution >= 0.6 is 0 Å². The van der Waals surface area contributed by atoms with Crippen LogP contribution in [0.1, 0.15) is 13.8 Å². The number of sulfone groups is 1. The molecule has 74 valence electrons. The van der Waals surface area contributed by atoms with Crippen LogP contribution in [0.4, 0.5) is 0 Å². The smallest absolute Gasteiger partial charge is 0.152 e. The molecular formula is C7H17NO3S. The van der Waals surface area contributed by atoms with Gasteiger partial charge >= 0.3 is 0 Å². The molecule has 0 radical (unpaired) electrons. The predicted molar refractivity (Wildman–Crippen MR) is 48.5 cm³/mol. The average molecular weight is 195 g/mol. The fourth-order valence-electron chi connectivity index (χ4n) is 0.855. The molecule has 3 atom stereocenters. The van der Waals surface area contributed by atoms with Crippen LogP contribution in [0.2, 0.25) is 0 Å². The monoisotopic (exact) mass is 195 g/mol. The van der Waals surface area contributed by atoms with Gasteiger partial charge < -0.3 is 10.8 Å². The summed E-state index contributed by atoms with van der Waals surface area (Å²) in [5.74, 6) is -0.185. The summed E-state index contributed by atoms with van der Waals surface area (Å²) in [5, 5.41) is 8.72. The largest absolute Gasteiger partial charge is 0.391 e. The molecule has 0 aliphatic heterocycles. The highest BCUT2D eigenvalue weighted by Gasteiger charge is 2.27. The standard InChI is InChI=1S/C7H17NO3S/c1-5(4-8)7(9)6(2)12(3,10)11/h5-7,9H,4,8H2,1-3H3. The molecule has 0 amide bonds. The second kappa shape index (κ2) is 4.20. The van der Waals surface area contributed by atoms with Crippen LogP contribution in [0.15, 0.2) is 0 Å². The van der Waals surface area contributed by atoms with E-state index in [1.807, 2.05) is 0 Å². The zero-order chi connectivity index (χ0) is 9.94. The third-order valence-electron chi connectivity index (χ3n) is 2.11. The van der Waals surface area contributed by atoms with E-state index < -0.39 is 21.2 Å². The van der Waals surface area contributed by atoms with Gasteiger partial charge in [-0.1, -0.05) is 6.92 Å². The topological polar surface area (TPSA) is 80.4 Å². The highest BCUT2D eigenvalue weighted by Crippen LogP contribution is 2.11. The lowest BCUT2D eigenvalue weighted by molar-refractivity contribution is 0.119. The Hall–Kier alpha value is -0.130. The van der Waals surface area contributed by atoms with E-state index in [0.717, 1.165) is 6.26 Å². The lowest BCUT2D eigenvalue weighted by Gasteiger charge is -2.22. The van der Waals surface area contributed by atoms with Crippen molar-refractivity contribution in [1.82, 2.24) is 0 Å². The summed E-state index contributed by atoms with van der Waals surface area (Å²) >= 11 is 0. The van der Waals surface area contributed by atoms with Crippen LogP contribution < -0.4 is 5.73 Å². The number of aliphatic hydroxyl groups is 1. The minimum absolute atomic E-state index is 0.185. The molecule has 0 heterocycles. The summed E-state index contributed by atoms with van der Waals surface area (Å²) in [4.78, 5) is 0. The Kier molecular flexibility index (Phi) is 4.16. The Morgan fingerprint density at radius 2 is 1.83 bits per heavy atom. The van der Waals surface area contributed by atoms with Gasteiger partial charge in [-0.3, -0.25) is 0 Å². The maximum Gasteiger partial charge on any atom is 0.152 e. The zero-order valence-corrected chi connectivity index (χ0v) is 8.50. The van der Waals surface area contributed by atoms with Gasteiger partial charge in [-0.15, -0.1) is 0 Å².